The molecule has 0 aliphatic rings. The molecular formula is C28H24ClIN2O5. The summed E-state index contributed by atoms with van der Waals surface area (Å²) in [6.07, 6.45) is 0.362. The van der Waals surface area contributed by atoms with E-state index in [4.69, 9.17) is 11.6 Å². The maximum atomic E-state index is 12.6. The molecule has 1 aromatic heterocycles. The van der Waals surface area contributed by atoms with Crippen molar-refractivity contribution in [2.75, 3.05) is 5.32 Å². The number of ketones is 1. The Labute approximate surface area is 232 Å². The van der Waals surface area contributed by atoms with Crippen molar-refractivity contribution in [2.45, 2.75) is 26.2 Å². The van der Waals surface area contributed by atoms with Crippen LogP contribution in [0.4, 0.5) is 5.69 Å². The number of carboxylic acids is 1. The van der Waals surface area contributed by atoms with Gasteiger partial charge in [-0.1, -0.05) is 35.9 Å². The van der Waals surface area contributed by atoms with Crippen LogP contribution >= 0.6 is 34.2 Å². The van der Waals surface area contributed by atoms with Crippen LogP contribution in [0.3, 0.4) is 0 Å². The maximum Gasteiger partial charge on any atom is 0.339 e. The Morgan fingerprint density at radius 1 is 1.05 bits per heavy atom. The average Bonchev–Trinajstić information content (AvgIpc) is 3.08. The molecule has 0 bridgehead atoms. The van der Waals surface area contributed by atoms with E-state index in [0.717, 1.165) is 31.3 Å². The summed E-state index contributed by atoms with van der Waals surface area (Å²) in [4.78, 5) is 36.4. The molecule has 7 nitrogen and oxygen atoms in total. The fraction of sp³-hybridized carbons (Fsp3) is 0.179. The number of aryl methyl sites for hydroxylation is 2. The third-order valence-electron chi connectivity index (χ3n) is 6.17. The Kier molecular flexibility index (Phi) is 7.89. The second kappa shape index (κ2) is 10.9. The lowest BCUT2D eigenvalue weighted by atomic mass is 10.0. The number of aromatic hydroxyl groups is 1. The van der Waals surface area contributed by atoms with Gasteiger partial charge in [0.25, 0.3) is 0 Å². The summed E-state index contributed by atoms with van der Waals surface area (Å²) in [6, 6.07) is 15.8. The van der Waals surface area contributed by atoms with Crippen LogP contribution in [0.1, 0.15) is 34.3 Å². The Morgan fingerprint density at radius 2 is 1.81 bits per heavy atom. The summed E-state index contributed by atoms with van der Waals surface area (Å²) < 4.78 is 2.74. The normalized spacial score (nSPS) is 11.0. The van der Waals surface area contributed by atoms with Gasteiger partial charge >= 0.3 is 5.97 Å². The lowest BCUT2D eigenvalue weighted by molar-refractivity contribution is -0.122. The first-order chi connectivity index (χ1) is 17.5. The highest BCUT2D eigenvalue weighted by Gasteiger charge is 2.20. The molecule has 0 aliphatic carbocycles. The van der Waals surface area contributed by atoms with E-state index in [9.17, 15) is 24.6 Å². The van der Waals surface area contributed by atoms with Gasteiger partial charge in [-0.05, 0) is 70.5 Å². The summed E-state index contributed by atoms with van der Waals surface area (Å²) in [5, 5.41) is 23.6. The molecule has 0 fully saturated rings. The Bertz CT molecular complexity index is 1560. The van der Waals surface area contributed by atoms with Crippen LogP contribution in [0.25, 0.3) is 22.2 Å². The van der Waals surface area contributed by atoms with Crippen molar-refractivity contribution < 1.29 is 24.6 Å². The van der Waals surface area contributed by atoms with Crippen LogP contribution < -0.4 is 5.32 Å². The molecule has 4 rings (SSSR count). The topological polar surface area (TPSA) is 109 Å². The molecule has 4 aromatic rings. The van der Waals surface area contributed by atoms with Gasteiger partial charge in [-0.3, -0.25) is 9.59 Å². The number of benzene rings is 3. The first kappa shape index (κ1) is 26.7. The standard InChI is InChI=1S/C28H24ClIN2O5/c1-15-6-7-18(12-22(15)29)31-25(35)9-8-19(33)11-16-4-3-5-17(10-16)27-26(30)20-13-21(28(36)37)24(34)14-23(20)32(27)2/h3-7,10,12-14,34H,8-9,11H2,1-2H3,(H,31,35)(H,36,37). The van der Waals surface area contributed by atoms with Crippen molar-refractivity contribution in [3.63, 3.8) is 0 Å². The molecule has 3 aromatic carbocycles. The number of rotatable bonds is 8. The largest absolute Gasteiger partial charge is 0.507 e. The SMILES string of the molecule is Cc1ccc(NC(=O)CCC(=O)Cc2cccc(-c3c(I)c4cc(C(=O)O)c(O)cc4n3C)c2)cc1Cl. The van der Waals surface area contributed by atoms with Gasteiger partial charge in [-0.2, -0.15) is 0 Å². The predicted octanol–water partition coefficient (Wildman–Crippen LogP) is 6.35. The highest BCUT2D eigenvalue weighted by Crippen LogP contribution is 2.37. The minimum atomic E-state index is -1.20. The summed E-state index contributed by atoms with van der Waals surface area (Å²) in [5.74, 6) is -1.80. The van der Waals surface area contributed by atoms with E-state index in [1.165, 1.54) is 12.1 Å². The summed E-state index contributed by atoms with van der Waals surface area (Å²) in [7, 11) is 1.84. The summed E-state index contributed by atoms with van der Waals surface area (Å²) >= 11 is 8.27. The van der Waals surface area contributed by atoms with Crippen molar-refractivity contribution in [1.82, 2.24) is 4.57 Å². The third kappa shape index (κ3) is 5.80. The second-order valence-corrected chi connectivity index (χ2v) is 10.3. The fourth-order valence-electron chi connectivity index (χ4n) is 4.21. The molecule has 0 saturated carbocycles. The van der Waals surface area contributed by atoms with E-state index < -0.39 is 5.97 Å². The number of anilines is 1. The zero-order valence-electron chi connectivity index (χ0n) is 20.1. The smallest absolute Gasteiger partial charge is 0.339 e. The molecular weight excluding hydrogens is 607 g/mol. The number of phenols is 1. The van der Waals surface area contributed by atoms with Crippen LogP contribution in [-0.4, -0.2) is 32.4 Å². The highest BCUT2D eigenvalue weighted by atomic mass is 127. The number of aromatic carboxylic acids is 1. The van der Waals surface area contributed by atoms with E-state index in [2.05, 4.69) is 27.9 Å². The van der Waals surface area contributed by atoms with E-state index in [1.807, 2.05) is 48.9 Å². The minimum absolute atomic E-state index is 0.0583. The van der Waals surface area contributed by atoms with Gasteiger partial charge < -0.3 is 20.1 Å². The molecule has 190 valence electrons. The van der Waals surface area contributed by atoms with Crippen molar-refractivity contribution in [2.24, 2.45) is 7.05 Å². The van der Waals surface area contributed by atoms with E-state index in [-0.39, 0.29) is 42.3 Å². The molecule has 0 radical (unpaired) electrons. The predicted molar refractivity (Wildman–Crippen MR) is 152 cm³/mol. The second-order valence-electron chi connectivity index (χ2n) is 8.84. The zero-order valence-corrected chi connectivity index (χ0v) is 23.1. The molecule has 1 amide bonds. The number of hydrogen-bond donors (Lipinski definition) is 3. The van der Waals surface area contributed by atoms with Crippen LogP contribution in [0.15, 0.2) is 54.6 Å². The van der Waals surface area contributed by atoms with Gasteiger partial charge in [0.2, 0.25) is 5.91 Å². The van der Waals surface area contributed by atoms with Crippen LogP contribution in [0, 0.1) is 10.5 Å². The maximum absolute atomic E-state index is 12.6. The number of halogens is 2. The van der Waals surface area contributed by atoms with E-state index in [1.54, 1.807) is 12.1 Å². The molecule has 0 saturated heterocycles. The van der Waals surface area contributed by atoms with Gasteiger partial charge in [0, 0.05) is 52.0 Å². The zero-order chi connectivity index (χ0) is 26.9. The molecule has 0 unspecified atom stereocenters. The van der Waals surface area contributed by atoms with E-state index in [0.29, 0.717) is 16.2 Å². The summed E-state index contributed by atoms with van der Waals surface area (Å²) in [6.45, 7) is 1.88. The van der Waals surface area contributed by atoms with Crippen molar-refractivity contribution in [3.8, 4) is 17.0 Å². The van der Waals surface area contributed by atoms with Crippen molar-refractivity contribution in [1.29, 1.82) is 0 Å². The van der Waals surface area contributed by atoms with Gasteiger partial charge in [-0.15, -0.1) is 0 Å². The number of carbonyl (C=O) groups excluding carboxylic acids is 2. The molecule has 0 spiro atoms. The first-order valence-corrected chi connectivity index (χ1v) is 12.9. The Balaban J connectivity index is 1.47. The lowest BCUT2D eigenvalue weighted by Gasteiger charge is -2.09. The minimum Gasteiger partial charge on any atom is -0.507 e. The lowest BCUT2D eigenvalue weighted by Crippen LogP contribution is -2.14. The highest BCUT2D eigenvalue weighted by molar-refractivity contribution is 14.1. The van der Waals surface area contributed by atoms with Crippen LogP contribution in [-0.2, 0) is 23.1 Å². The fourth-order valence-corrected chi connectivity index (χ4v) is 5.49. The number of nitrogens with one attached hydrogen (secondary N) is 1. The van der Waals surface area contributed by atoms with Crippen molar-refractivity contribution in [3.05, 3.63) is 79.9 Å². The molecule has 37 heavy (non-hydrogen) atoms. The van der Waals surface area contributed by atoms with Gasteiger partial charge in [0.15, 0.2) is 0 Å². The number of carbonyl (C=O) groups is 3. The monoisotopic (exact) mass is 630 g/mol. The van der Waals surface area contributed by atoms with Crippen LogP contribution in [0.5, 0.6) is 5.75 Å². The van der Waals surface area contributed by atoms with Crippen LogP contribution in [0.2, 0.25) is 5.02 Å². The van der Waals surface area contributed by atoms with Gasteiger partial charge in [0.1, 0.15) is 17.1 Å². The number of fused-ring (bicyclic) bond motifs is 1. The molecule has 9 heteroatoms. The Morgan fingerprint density at radius 3 is 2.51 bits per heavy atom. The number of Topliss-reactive ketones (excluding diaryl/α,β-unsaturated/α-hetero) is 1. The molecule has 0 aliphatic heterocycles. The quantitative estimate of drug-likeness (QED) is 0.197. The average molecular weight is 631 g/mol. The number of nitrogens with zero attached hydrogens (tertiary/aromatic N) is 1. The molecule has 3 N–H and O–H groups in total. The number of carboxylic acid groups (broad SMARTS) is 1. The van der Waals surface area contributed by atoms with E-state index >= 15 is 0 Å². The Hall–Kier alpha value is -3.37. The number of aromatic nitrogens is 1. The number of hydrogen-bond acceptors (Lipinski definition) is 4. The molecule has 0 atom stereocenters. The molecule has 1 heterocycles. The van der Waals surface area contributed by atoms with Gasteiger partial charge in [0.05, 0.1) is 11.2 Å². The number of amides is 1. The summed E-state index contributed by atoms with van der Waals surface area (Å²) in [5.41, 5.74) is 4.57. The third-order valence-corrected chi connectivity index (χ3v) is 7.67. The van der Waals surface area contributed by atoms with Gasteiger partial charge in [-0.25, -0.2) is 4.79 Å². The first-order valence-electron chi connectivity index (χ1n) is 11.5. The van der Waals surface area contributed by atoms with Crippen molar-refractivity contribution >= 4 is 68.4 Å².